The number of rotatable bonds is 65. The lowest BCUT2D eigenvalue weighted by Crippen LogP contribution is -2.29. The van der Waals surface area contributed by atoms with Gasteiger partial charge in [0.05, 0.1) is 13.2 Å². The zero-order valence-corrected chi connectivity index (χ0v) is 53.9. The predicted octanol–water partition coefficient (Wildman–Crippen LogP) is 22.4. The number of allylic oxidation sites excluding steroid dienone is 12. The van der Waals surface area contributed by atoms with Crippen molar-refractivity contribution >= 4 is 19.8 Å². The molecule has 0 aliphatic rings. The molecule has 0 bridgehead atoms. The molecule has 0 amide bonds. The molecule has 0 aromatic carbocycles. The number of phosphoric acid groups is 1. The Hall–Kier alpha value is -2.55. The molecule has 0 spiro atoms. The molecule has 0 radical (unpaired) electrons. The van der Waals surface area contributed by atoms with Gasteiger partial charge in [0.25, 0.3) is 0 Å². The molecule has 0 aromatic rings. The van der Waals surface area contributed by atoms with E-state index in [1.807, 2.05) is 0 Å². The molecule has 0 aliphatic heterocycles. The highest BCUT2D eigenvalue weighted by molar-refractivity contribution is 7.47. The van der Waals surface area contributed by atoms with Crippen LogP contribution in [0, 0.1) is 0 Å². The minimum atomic E-state index is -4.39. The first-order chi connectivity index (χ1) is 39.8. The highest BCUT2D eigenvalue weighted by atomic mass is 31.2. The second-order valence-electron chi connectivity index (χ2n) is 23.0. The molecule has 81 heavy (non-hydrogen) atoms. The largest absolute Gasteiger partial charge is 0.472 e. The van der Waals surface area contributed by atoms with Crippen molar-refractivity contribution in [3.63, 3.8) is 0 Å². The summed E-state index contributed by atoms with van der Waals surface area (Å²) in [5, 5.41) is 0. The number of hydrogen-bond donors (Lipinski definition) is 2. The van der Waals surface area contributed by atoms with Gasteiger partial charge in [-0.05, 0) is 83.5 Å². The van der Waals surface area contributed by atoms with Crippen LogP contribution >= 0.6 is 7.82 Å². The zero-order valence-electron chi connectivity index (χ0n) is 53.0. The minimum Gasteiger partial charge on any atom is -0.462 e. The maximum atomic E-state index is 12.7. The Bertz CT molecular complexity index is 1560. The quantitative estimate of drug-likeness (QED) is 0.0264. The van der Waals surface area contributed by atoms with Gasteiger partial charge in [-0.15, -0.1) is 0 Å². The number of carbonyl (C=O) groups excluding carboxylic acids is 2. The van der Waals surface area contributed by atoms with E-state index in [4.69, 9.17) is 24.3 Å². The summed E-state index contributed by atoms with van der Waals surface area (Å²) in [7, 11) is -4.39. The first-order valence-electron chi connectivity index (χ1n) is 34.4. The van der Waals surface area contributed by atoms with E-state index in [1.165, 1.54) is 225 Å². The van der Waals surface area contributed by atoms with Crippen molar-refractivity contribution in [2.24, 2.45) is 5.73 Å². The normalized spacial score (nSPS) is 13.4. The van der Waals surface area contributed by atoms with Crippen molar-refractivity contribution < 1.29 is 37.6 Å². The Morgan fingerprint density at radius 1 is 0.383 bits per heavy atom. The van der Waals surface area contributed by atoms with E-state index in [-0.39, 0.29) is 38.6 Å². The third-order valence-corrected chi connectivity index (χ3v) is 16.1. The molecular formula is C71H130NO8P. The van der Waals surface area contributed by atoms with E-state index in [2.05, 4.69) is 86.8 Å². The summed E-state index contributed by atoms with van der Waals surface area (Å²) in [4.78, 5) is 35.3. The molecule has 0 aliphatic carbocycles. The lowest BCUT2D eigenvalue weighted by atomic mass is 10.0. The second-order valence-corrected chi connectivity index (χ2v) is 24.5. The van der Waals surface area contributed by atoms with Gasteiger partial charge in [0.15, 0.2) is 6.10 Å². The van der Waals surface area contributed by atoms with Gasteiger partial charge in [0.2, 0.25) is 0 Å². The summed E-state index contributed by atoms with van der Waals surface area (Å²) in [5.74, 6) is -0.825. The van der Waals surface area contributed by atoms with E-state index >= 15 is 0 Å². The van der Waals surface area contributed by atoms with Gasteiger partial charge >= 0.3 is 19.8 Å². The van der Waals surface area contributed by atoms with Gasteiger partial charge in [-0.2, -0.15) is 0 Å². The molecule has 9 nitrogen and oxygen atoms in total. The number of ether oxygens (including phenoxy) is 2. The van der Waals surface area contributed by atoms with Gasteiger partial charge in [-0.1, -0.05) is 311 Å². The fourth-order valence-electron chi connectivity index (χ4n) is 10.0. The highest BCUT2D eigenvalue weighted by Crippen LogP contribution is 2.43. The zero-order chi connectivity index (χ0) is 58.7. The molecule has 0 saturated carbocycles. The van der Waals surface area contributed by atoms with Crippen LogP contribution in [-0.2, 0) is 32.7 Å². The Morgan fingerprint density at radius 3 is 1.01 bits per heavy atom. The van der Waals surface area contributed by atoms with Crippen LogP contribution in [0.15, 0.2) is 72.9 Å². The van der Waals surface area contributed by atoms with E-state index in [9.17, 15) is 19.0 Å². The fraction of sp³-hybridized carbons (Fsp3) is 0.803. The Kier molecular flexibility index (Phi) is 64.5. The Balaban J connectivity index is 3.78. The van der Waals surface area contributed by atoms with Crippen molar-refractivity contribution in [1.82, 2.24) is 0 Å². The minimum absolute atomic E-state index is 0.0509. The standard InChI is InChI=1S/C71H130NO8P/c1-3-5-7-9-11-13-15-17-19-21-23-25-26-27-28-29-30-31-32-33-34-35-36-37-38-39-40-41-42-44-45-47-49-51-53-55-57-59-61-63-70(73)77-67-69(68-79-81(75,76)78-66-65-72)80-71(74)64-62-60-58-56-54-52-50-48-46-43-24-22-20-18-16-14-12-10-8-6-4-2/h6,8,12,14-15,17-18,20-21,23-24,43,69H,3-5,7,9-11,13,16,19,22,25-42,44-68,72H2,1-2H3,(H,75,76)/b8-6-,14-12-,17-15-,20-18-,23-21-,43-24-. The summed E-state index contributed by atoms with van der Waals surface area (Å²) in [5.41, 5.74) is 5.39. The Labute approximate surface area is 501 Å². The molecule has 0 heterocycles. The Morgan fingerprint density at radius 2 is 0.679 bits per heavy atom. The van der Waals surface area contributed by atoms with Crippen LogP contribution in [-0.4, -0.2) is 49.3 Å². The maximum Gasteiger partial charge on any atom is 0.472 e. The van der Waals surface area contributed by atoms with Gasteiger partial charge in [0, 0.05) is 19.4 Å². The molecule has 0 aromatic heterocycles. The van der Waals surface area contributed by atoms with E-state index < -0.39 is 26.5 Å². The first kappa shape index (κ1) is 78.5. The average Bonchev–Trinajstić information content (AvgIpc) is 3.46. The summed E-state index contributed by atoms with van der Waals surface area (Å²) in [6.45, 7) is 3.65. The summed E-state index contributed by atoms with van der Waals surface area (Å²) in [6, 6.07) is 0. The van der Waals surface area contributed by atoms with Crippen LogP contribution in [0.2, 0.25) is 0 Å². The van der Waals surface area contributed by atoms with Gasteiger partial charge in [-0.3, -0.25) is 18.6 Å². The molecule has 0 saturated heterocycles. The van der Waals surface area contributed by atoms with E-state index in [1.54, 1.807) is 0 Å². The molecule has 3 N–H and O–H groups in total. The number of esters is 2. The van der Waals surface area contributed by atoms with Gasteiger partial charge < -0.3 is 20.1 Å². The predicted molar refractivity (Wildman–Crippen MR) is 349 cm³/mol. The van der Waals surface area contributed by atoms with Gasteiger partial charge in [-0.25, -0.2) is 4.57 Å². The summed E-state index contributed by atoms with van der Waals surface area (Å²) in [6.07, 6.45) is 87.2. The third kappa shape index (κ3) is 66.5. The SMILES string of the molecule is CC/C=C\C/C=C\C/C=C\C/C=C\CCCCCCCCCCC(=O)OC(COC(=O)CCCCCCCCCCCCCCCCCCCCCCCCCCCCC/C=C\C/C=C\CCCCCCC)COP(=O)(O)OCCN. The first-order valence-corrected chi connectivity index (χ1v) is 35.9. The van der Waals surface area contributed by atoms with Crippen molar-refractivity contribution in [2.75, 3.05) is 26.4 Å². The van der Waals surface area contributed by atoms with Gasteiger partial charge in [0.1, 0.15) is 6.61 Å². The highest BCUT2D eigenvalue weighted by Gasteiger charge is 2.26. The maximum absolute atomic E-state index is 12.7. The molecule has 0 rings (SSSR count). The van der Waals surface area contributed by atoms with Crippen LogP contribution < -0.4 is 5.73 Å². The summed E-state index contributed by atoms with van der Waals surface area (Å²) >= 11 is 0. The lowest BCUT2D eigenvalue weighted by molar-refractivity contribution is -0.161. The topological polar surface area (TPSA) is 134 Å². The van der Waals surface area contributed by atoms with E-state index in [0.29, 0.717) is 6.42 Å². The smallest absolute Gasteiger partial charge is 0.462 e. The lowest BCUT2D eigenvalue weighted by Gasteiger charge is -2.19. The summed E-state index contributed by atoms with van der Waals surface area (Å²) < 4.78 is 33.1. The monoisotopic (exact) mass is 1160 g/mol. The van der Waals surface area contributed by atoms with Crippen LogP contribution in [0.3, 0.4) is 0 Å². The molecule has 10 heteroatoms. The van der Waals surface area contributed by atoms with Crippen molar-refractivity contribution in [1.29, 1.82) is 0 Å². The third-order valence-electron chi connectivity index (χ3n) is 15.1. The van der Waals surface area contributed by atoms with Crippen LogP contribution in [0.4, 0.5) is 0 Å². The van der Waals surface area contributed by atoms with Crippen LogP contribution in [0.5, 0.6) is 0 Å². The van der Waals surface area contributed by atoms with Crippen molar-refractivity contribution in [3.05, 3.63) is 72.9 Å². The molecule has 2 unspecified atom stereocenters. The van der Waals surface area contributed by atoms with Crippen LogP contribution in [0.1, 0.15) is 335 Å². The second kappa shape index (κ2) is 66.6. The van der Waals surface area contributed by atoms with Crippen molar-refractivity contribution in [2.45, 2.75) is 341 Å². The number of unbranched alkanes of at least 4 members (excludes halogenated alkanes) is 40. The molecule has 472 valence electrons. The number of hydrogen-bond acceptors (Lipinski definition) is 8. The number of carbonyl (C=O) groups is 2. The van der Waals surface area contributed by atoms with E-state index in [0.717, 1.165) is 77.0 Å². The van der Waals surface area contributed by atoms with Crippen LogP contribution in [0.25, 0.3) is 0 Å². The van der Waals surface area contributed by atoms with Crippen molar-refractivity contribution in [3.8, 4) is 0 Å². The average molecular weight is 1160 g/mol. The number of nitrogens with two attached hydrogens (primary N) is 1. The molecular weight excluding hydrogens is 1030 g/mol. The fourth-order valence-corrected chi connectivity index (χ4v) is 10.8. The molecule has 0 fully saturated rings. The number of phosphoric ester groups is 1. The molecule has 2 atom stereocenters.